The van der Waals surface area contributed by atoms with Crippen molar-refractivity contribution in [3.8, 4) is 0 Å². The Hall–Kier alpha value is -1.79. The molecule has 0 saturated heterocycles. The van der Waals surface area contributed by atoms with Crippen LogP contribution in [0.3, 0.4) is 0 Å². The lowest BCUT2D eigenvalue weighted by Crippen LogP contribution is -2.46. The SMILES string of the molecule is CC(=O)N(C)C(=NO)NC(=O)OC(C)(C)C. The van der Waals surface area contributed by atoms with Gasteiger partial charge in [0.05, 0.1) is 0 Å². The summed E-state index contributed by atoms with van der Waals surface area (Å²) in [7, 11) is 1.36. The topological polar surface area (TPSA) is 91.2 Å². The summed E-state index contributed by atoms with van der Waals surface area (Å²) in [6.07, 6.45) is -0.798. The van der Waals surface area contributed by atoms with Gasteiger partial charge in [0, 0.05) is 14.0 Å². The highest BCUT2D eigenvalue weighted by atomic mass is 16.6. The predicted octanol–water partition coefficient (Wildman–Crippen LogP) is 0.735. The van der Waals surface area contributed by atoms with Crippen LogP contribution in [0.25, 0.3) is 0 Å². The van der Waals surface area contributed by atoms with E-state index in [4.69, 9.17) is 9.94 Å². The Morgan fingerprint density at radius 2 is 1.88 bits per heavy atom. The highest BCUT2D eigenvalue weighted by Gasteiger charge is 2.20. The summed E-state index contributed by atoms with van der Waals surface area (Å²) in [6, 6.07) is 0. The maximum atomic E-state index is 11.3. The largest absolute Gasteiger partial charge is 0.444 e. The molecule has 0 aromatic heterocycles. The van der Waals surface area contributed by atoms with Gasteiger partial charge in [-0.25, -0.2) is 4.79 Å². The van der Waals surface area contributed by atoms with E-state index in [0.29, 0.717) is 0 Å². The summed E-state index contributed by atoms with van der Waals surface area (Å²) in [5.41, 5.74) is -0.667. The number of amides is 2. The molecule has 0 rings (SSSR count). The third-order valence-corrected chi connectivity index (χ3v) is 1.50. The monoisotopic (exact) mass is 231 g/mol. The second-order valence-electron chi connectivity index (χ2n) is 4.13. The summed E-state index contributed by atoms with van der Waals surface area (Å²) < 4.78 is 4.92. The van der Waals surface area contributed by atoms with Gasteiger partial charge in [-0.1, -0.05) is 5.16 Å². The van der Waals surface area contributed by atoms with Crippen molar-refractivity contribution >= 4 is 18.0 Å². The molecule has 7 heteroatoms. The van der Waals surface area contributed by atoms with E-state index in [1.807, 2.05) is 0 Å². The van der Waals surface area contributed by atoms with Crippen molar-refractivity contribution in [2.45, 2.75) is 33.3 Å². The van der Waals surface area contributed by atoms with Crippen molar-refractivity contribution in [2.75, 3.05) is 7.05 Å². The normalized spacial score (nSPS) is 11.9. The van der Waals surface area contributed by atoms with Gasteiger partial charge in [-0.2, -0.15) is 0 Å². The van der Waals surface area contributed by atoms with E-state index in [2.05, 4.69) is 10.5 Å². The second-order valence-corrected chi connectivity index (χ2v) is 4.13. The lowest BCUT2D eigenvalue weighted by Gasteiger charge is -2.21. The minimum absolute atomic E-state index is 0.290. The maximum Gasteiger partial charge on any atom is 0.414 e. The number of guanidine groups is 1. The zero-order valence-corrected chi connectivity index (χ0v) is 10.1. The van der Waals surface area contributed by atoms with Crippen LogP contribution < -0.4 is 5.32 Å². The molecule has 0 spiro atoms. The first-order valence-corrected chi connectivity index (χ1v) is 4.63. The summed E-state index contributed by atoms with van der Waals surface area (Å²) in [4.78, 5) is 23.2. The average Bonchev–Trinajstić information content (AvgIpc) is 2.09. The minimum Gasteiger partial charge on any atom is -0.444 e. The fraction of sp³-hybridized carbons (Fsp3) is 0.667. The molecule has 2 amide bonds. The van der Waals surface area contributed by atoms with Gasteiger partial charge >= 0.3 is 6.09 Å². The number of hydrogen-bond acceptors (Lipinski definition) is 5. The third-order valence-electron chi connectivity index (χ3n) is 1.50. The molecule has 16 heavy (non-hydrogen) atoms. The highest BCUT2D eigenvalue weighted by molar-refractivity contribution is 6.01. The number of hydrogen-bond donors (Lipinski definition) is 2. The lowest BCUT2D eigenvalue weighted by atomic mass is 10.2. The Labute approximate surface area is 94.0 Å². The maximum absolute atomic E-state index is 11.3. The number of nitrogens with zero attached hydrogens (tertiary/aromatic N) is 2. The van der Waals surface area contributed by atoms with Crippen LogP contribution in [0.5, 0.6) is 0 Å². The molecule has 92 valence electrons. The van der Waals surface area contributed by atoms with Gasteiger partial charge in [0.1, 0.15) is 5.60 Å². The van der Waals surface area contributed by atoms with Crippen LogP contribution in [0.4, 0.5) is 4.79 Å². The van der Waals surface area contributed by atoms with Crippen LogP contribution in [-0.2, 0) is 9.53 Å². The van der Waals surface area contributed by atoms with E-state index < -0.39 is 11.7 Å². The lowest BCUT2D eigenvalue weighted by molar-refractivity contribution is -0.124. The Morgan fingerprint density at radius 3 is 2.19 bits per heavy atom. The number of rotatable bonds is 0. The van der Waals surface area contributed by atoms with E-state index >= 15 is 0 Å². The molecule has 0 bridgehead atoms. The number of ether oxygens (including phenoxy) is 1. The van der Waals surface area contributed by atoms with Gasteiger partial charge in [0.25, 0.3) is 5.96 Å². The van der Waals surface area contributed by atoms with E-state index in [0.717, 1.165) is 4.90 Å². The van der Waals surface area contributed by atoms with Crippen LogP contribution in [0.15, 0.2) is 5.16 Å². The minimum atomic E-state index is -0.798. The molecule has 0 fully saturated rings. The fourth-order valence-corrected chi connectivity index (χ4v) is 0.720. The first-order chi connectivity index (χ1) is 7.17. The van der Waals surface area contributed by atoms with Crippen LogP contribution in [0, 0.1) is 0 Å². The molecular weight excluding hydrogens is 214 g/mol. The van der Waals surface area contributed by atoms with Gasteiger partial charge < -0.3 is 9.94 Å². The van der Waals surface area contributed by atoms with Crippen molar-refractivity contribution < 1.29 is 19.5 Å². The number of oxime groups is 1. The van der Waals surface area contributed by atoms with Gasteiger partial charge in [-0.15, -0.1) is 0 Å². The van der Waals surface area contributed by atoms with Crippen molar-refractivity contribution in [3.63, 3.8) is 0 Å². The zero-order valence-electron chi connectivity index (χ0n) is 10.1. The number of nitrogens with one attached hydrogen (secondary N) is 1. The molecule has 0 aromatic rings. The fourth-order valence-electron chi connectivity index (χ4n) is 0.720. The van der Waals surface area contributed by atoms with Crippen molar-refractivity contribution in [2.24, 2.45) is 5.16 Å². The first-order valence-electron chi connectivity index (χ1n) is 4.63. The molecular formula is C9H17N3O4. The third kappa shape index (κ3) is 5.18. The van der Waals surface area contributed by atoms with Crippen molar-refractivity contribution in [1.29, 1.82) is 0 Å². The molecule has 0 atom stereocenters. The summed E-state index contributed by atoms with van der Waals surface area (Å²) >= 11 is 0. The van der Waals surface area contributed by atoms with Gasteiger partial charge in [0.15, 0.2) is 0 Å². The molecule has 7 nitrogen and oxygen atoms in total. The Morgan fingerprint density at radius 1 is 1.38 bits per heavy atom. The zero-order chi connectivity index (χ0) is 12.9. The molecule has 2 N–H and O–H groups in total. The van der Waals surface area contributed by atoms with Crippen LogP contribution in [0.2, 0.25) is 0 Å². The summed E-state index contributed by atoms with van der Waals surface area (Å²) in [5.74, 6) is -0.675. The molecule has 0 radical (unpaired) electrons. The second kappa shape index (κ2) is 5.34. The Kier molecular flexibility index (Phi) is 4.74. The van der Waals surface area contributed by atoms with Gasteiger partial charge in [-0.05, 0) is 20.8 Å². The van der Waals surface area contributed by atoms with Crippen molar-refractivity contribution in [3.05, 3.63) is 0 Å². The van der Waals surface area contributed by atoms with Crippen LogP contribution in [-0.4, -0.2) is 40.7 Å². The molecule has 0 aliphatic rings. The molecule has 0 unspecified atom stereocenters. The molecule has 0 saturated carbocycles. The molecule has 0 aliphatic heterocycles. The van der Waals surface area contributed by atoms with E-state index in [-0.39, 0.29) is 11.9 Å². The number of carbonyl (C=O) groups is 2. The number of alkyl carbamates (subject to hydrolysis) is 1. The molecule has 0 heterocycles. The highest BCUT2D eigenvalue weighted by Crippen LogP contribution is 2.06. The van der Waals surface area contributed by atoms with E-state index in [1.165, 1.54) is 14.0 Å². The first kappa shape index (κ1) is 14.2. The Bertz CT molecular complexity index is 306. The molecule has 0 aliphatic carbocycles. The van der Waals surface area contributed by atoms with E-state index in [1.54, 1.807) is 20.8 Å². The van der Waals surface area contributed by atoms with Crippen molar-refractivity contribution in [1.82, 2.24) is 10.2 Å². The smallest absolute Gasteiger partial charge is 0.414 e. The summed E-state index contributed by atoms with van der Waals surface area (Å²) in [6.45, 7) is 6.34. The van der Waals surface area contributed by atoms with Gasteiger partial charge in [0.2, 0.25) is 5.91 Å². The predicted molar refractivity (Wildman–Crippen MR) is 57.0 cm³/mol. The summed E-state index contributed by atoms with van der Waals surface area (Å²) in [5, 5.41) is 13.6. The van der Waals surface area contributed by atoms with Crippen LogP contribution in [0.1, 0.15) is 27.7 Å². The quantitative estimate of drug-likeness (QED) is 0.278. The van der Waals surface area contributed by atoms with E-state index in [9.17, 15) is 9.59 Å². The molecule has 0 aromatic carbocycles. The van der Waals surface area contributed by atoms with Gasteiger partial charge in [-0.3, -0.25) is 15.0 Å². The Balaban J connectivity index is 4.47. The standard InChI is InChI=1S/C9H17N3O4/c1-6(13)12(5)7(11-15)10-8(14)16-9(2,3)4/h15H,1-5H3,(H,10,11,14). The average molecular weight is 231 g/mol. The number of carbonyl (C=O) groups excluding carboxylic acids is 2. The van der Waals surface area contributed by atoms with Crippen LogP contribution >= 0.6 is 0 Å².